The average molecular weight is 298 g/mol. The third-order valence-electron chi connectivity index (χ3n) is 2.69. The Labute approximate surface area is 124 Å². The van der Waals surface area contributed by atoms with Crippen LogP contribution in [0.1, 0.15) is 20.3 Å². The lowest BCUT2D eigenvalue weighted by Crippen LogP contribution is -2.41. The number of rotatable bonds is 8. The van der Waals surface area contributed by atoms with Gasteiger partial charge in [0.2, 0.25) is 0 Å². The summed E-state index contributed by atoms with van der Waals surface area (Å²) in [6.45, 7) is 4.77. The van der Waals surface area contributed by atoms with Gasteiger partial charge in [0.05, 0.1) is 12.6 Å². The van der Waals surface area contributed by atoms with E-state index in [1.54, 1.807) is 12.1 Å². The van der Waals surface area contributed by atoms with Crippen molar-refractivity contribution in [2.75, 3.05) is 19.7 Å². The molecule has 0 saturated heterocycles. The van der Waals surface area contributed by atoms with Gasteiger partial charge in [-0.05, 0) is 24.5 Å². The van der Waals surface area contributed by atoms with E-state index in [1.165, 1.54) is 12.1 Å². The number of nitrogens with one attached hydrogen (secondary N) is 2. The number of aliphatic hydroxyl groups is 1. The van der Waals surface area contributed by atoms with E-state index in [4.69, 9.17) is 4.74 Å². The molecule has 3 N–H and O–H groups in total. The van der Waals surface area contributed by atoms with Crippen molar-refractivity contribution in [3.63, 3.8) is 0 Å². The van der Waals surface area contributed by atoms with Gasteiger partial charge >= 0.3 is 6.03 Å². The first-order chi connectivity index (χ1) is 9.97. The Hall–Kier alpha value is -1.82. The largest absolute Gasteiger partial charge is 0.492 e. The number of carbonyl (C=O) groups is 1. The van der Waals surface area contributed by atoms with Crippen LogP contribution in [0.2, 0.25) is 0 Å². The monoisotopic (exact) mass is 298 g/mol. The number of ether oxygens (including phenoxy) is 1. The van der Waals surface area contributed by atoms with Crippen molar-refractivity contribution in [1.29, 1.82) is 0 Å². The molecule has 0 aliphatic heterocycles. The van der Waals surface area contributed by atoms with Crippen LogP contribution in [0, 0.1) is 11.7 Å². The van der Waals surface area contributed by atoms with E-state index in [9.17, 15) is 14.3 Å². The minimum Gasteiger partial charge on any atom is -0.492 e. The maximum atomic E-state index is 12.9. The molecule has 0 spiro atoms. The molecule has 0 bridgehead atoms. The minimum atomic E-state index is -0.542. The van der Waals surface area contributed by atoms with Crippen molar-refractivity contribution in [2.45, 2.75) is 26.4 Å². The van der Waals surface area contributed by atoms with E-state index in [-0.39, 0.29) is 25.0 Å². The number of benzene rings is 1. The molecule has 0 fully saturated rings. The van der Waals surface area contributed by atoms with Crippen LogP contribution in [-0.4, -0.2) is 36.9 Å². The fourth-order valence-corrected chi connectivity index (χ4v) is 1.79. The van der Waals surface area contributed by atoms with Crippen molar-refractivity contribution in [1.82, 2.24) is 10.6 Å². The summed E-state index contributed by atoms with van der Waals surface area (Å²) in [4.78, 5) is 11.4. The van der Waals surface area contributed by atoms with Crippen molar-refractivity contribution in [3.8, 4) is 5.75 Å². The van der Waals surface area contributed by atoms with E-state index < -0.39 is 6.10 Å². The van der Waals surface area contributed by atoms with E-state index >= 15 is 0 Å². The molecule has 0 aliphatic carbocycles. The molecule has 21 heavy (non-hydrogen) atoms. The summed E-state index contributed by atoms with van der Waals surface area (Å²) in [5.41, 5.74) is 0. The summed E-state index contributed by atoms with van der Waals surface area (Å²) in [6, 6.07) is 5.45. The Bertz CT molecular complexity index is 441. The van der Waals surface area contributed by atoms with E-state index in [2.05, 4.69) is 10.6 Å². The van der Waals surface area contributed by atoms with E-state index in [0.29, 0.717) is 24.6 Å². The van der Waals surface area contributed by atoms with Crippen molar-refractivity contribution < 1.29 is 19.0 Å². The molecule has 1 aromatic carbocycles. The highest BCUT2D eigenvalue weighted by molar-refractivity contribution is 5.73. The quantitative estimate of drug-likeness (QED) is 0.642. The third-order valence-corrected chi connectivity index (χ3v) is 2.69. The SMILES string of the molecule is CC(C)CC(O)CNC(=O)NCCOc1cccc(F)c1. The Morgan fingerprint density at radius 1 is 1.38 bits per heavy atom. The van der Waals surface area contributed by atoms with Crippen LogP contribution >= 0.6 is 0 Å². The molecule has 0 saturated carbocycles. The van der Waals surface area contributed by atoms with Gasteiger partial charge < -0.3 is 20.5 Å². The maximum Gasteiger partial charge on any atom is 0.315 e. The second-order valence-electron chi connectivity index (χ2n) is 5.23. The van der Waals surface area contributed by atoms with Crippen LogP contribution in [-0.2, 0) is 0 Å². The van der Waals surface area contributed by atoms with Gasteiger partial charge in [-0.15, -0.1) is 0 Å². The number of hydrogen-bond acceptors (Lipinski definition) is 3. The Morgan fingerprint density at radius 3 is 2.81 bits per heavy atom. The predicted molar refractivity (Wildman–Crippen MR) is 78.8 cm³/mol. The molecule has 1 atom stereocenters. The first kappa shape index (κ1) is 17.2. The summed E-state index contributed by atoms with van der Waals surface area (Å²) in [5.74, 6) is 0.437. The molecule has 1 rings (SSSR count). The topological polar surface area (TPSA) is 70.6 Å². The van der Waals surface area contributed by atoms with E-state index in [1.807, 2.05) is 13.8 Å². The molecule has 0 heterocycles. The first-order valence-corrected chi connectivity index (χ1v) is 7.05. The molecular formula is C15H23FN2O3. The molecular weight excluding hydrogens is 275 g/mol. The normalized spacial score (nSPS) is 12.0. The van der Waals surface area contributed by atoms with Crippen LogP contribution in [0.4, 0.5) is 9.18 Å². The summed E-state index contributed by atoms with van der Waals surface area (Å²) in [6.07, 6.45) is 0.0995. The molecule has 118 valence electrons. The first-order valence-electron chi connectivity index (χ1n) is 7.05. The highest BCUT2D eigenvalue weighted by Gasteiger charge is 2.08. The van der Waals surface area contributed by atoms with Gasteiger partial charge in [-0.3, -0.25) is 0 Å². The van der Waals surface area contributed by atoms with Crippen LogP contribution in [0.15, 0.2) is 24.3 Å². The van der Waals surface area contributed by atoms with Gasteiger partial charge in [0.25, 0.3) is 0 Å². The number of hydrogen-bond donors (Lipinski definition) is 3. The van der Waals surface area contributed by atoms with E-state index in [0.717, 1.165) is 0 Å². The number of carbonyl (C=O) groups excluding carboxylic acids is 1. The molecule has 2 amide bonds. The van der Waals surface area contributed by atoms with Gasteiger partial charge in [-0.2, -0.15) is 0 Å². The second-order valence-corrected chi connectivity index (χ2v) is 5.23. The Kier molecular flexibility index (Phi) is 7.53. The lowest BCUT2D eigenvalue weighted by molar-refractivity contribution is 0.146. The van der Waals surface area contributed by atoms with Crippen LogP contribution in [0.3, 0.4) is 0 Å². The van der Waals surface area contributed by atoms with Crippen molar-refractivity contribution in [3.05, 3.63) is 30.1 Å². The standard InChI is InChI=1S/C15H23FN2O3/c1-11(2)8-13(19)10-18-15(20)17-6-7-21-14-5-3-4-12(16)9-14/h3-5,9,11,13,19H,6-8,10H2,1-2H3,(H2,17,18,20). The van der Waals surface area contributed by atoms with Gasteiger partial charge in [-0.25, -0.2) is 9.18 Å². The Balaban J connectivity index is 2.11. The molecule has 1 aromatic rings. The van der Waals surface area contributed by atoms with Crippen molar-refractivity contribution >= 4 is 6.03 Å². The zero-order valence-corrected chi connectivity index (χ0v) is 12.4. The fraction of sp³-hybridized carbons (Fsp3) is 0.533. The predicted octanol–water partition coefficient (Wildman–Crippen LogP) is 1.91. The summed E-state index contributed by atoms with van der Waals surface area (Å²) >= 11 is 0. The summed E-state index contributed by atoms with van der Waals surface area (Å²) < 4.78 is 18.2. The lowest BCUT2D eigenvalue weighted by atomic mass is 10.1. The van der Waals surface area contributed by atoms with Crippen LogP contribution in [0.5, 0.6) is 5.75 Å². The number of halogens is 1. The number of urea groups is 1. The molecule has 0 aromatic heterocycles. The van der Waals surface area contributed by atoms with Crippen LogP contribution < -0.4 is 15.4 Å². The highest BCUT2D eigenvalue weighted by Crippen LogP contribution is 2.11. The summed E-state index contributed by atoms with van der Waals surface area (Å²) in [7, 11) is 0. The van der Waals surface area contributed by atoms with Gasteiger partial charge in [0.15, 0.2) is 0 Å². The third kappa shape index (κ3) is 8.14. The van der Waals surface area contributed by atoms with Gasteiger partial charge in [0, 0.05) is 12.6 Å². The molecule has 0 radical (unpaired) electrons. The fourth-order valence-electron chi connectivity index (χ4n) is 1.79. The number of amides is 2. The Morgan fingerprint density at radius 2 is 2.14 bits per heavy atom. The molecule has 6 heteroatoms. The average Bonchev–Trinajstić information content (AvgIpc) is 2.41. The summed E-state index contributed by atoms with van der Waals surface area (Å²) in [5, 5.41) is 14.8. The molecule has 5 nitrogen and oxygen atoms in total. The second kappa shape index (κ2) is 9.18. The smallest absolute Gasteiger partial charge is 0.315 e. The van der Waals surface area contributed by atoms with Gasteiger partial charge in [0.1, 0.15) is 18.2 Å². The van der Waals surface area contributed by atoms with Crippen LogP contribution in [0.25, 0.3) is 0 Å². The minimum absolute atomic E-state index is 0.217. The maximum absolute atomic E-state index is 12.9. The van der Waals surface area contributed by atoms with Gasteiger partial charge in [-0.1, -0.05) is 19.9 Å². The van der Waals surface area contributed by atoms with Crippen molar-refractivity contribution in [2.24, 2.45) is 5.92 Å². The molecule has 1 unspecified atom stereocenters. The number of aliphatic hydroxyl groups excluding tert-OH is 1. The highest BCUT2D eigenvalue weighted by atomic mass is 19.1. The zero-order valence-electron chi connectivity index (χ0n) is 12.4. The molecule has 0 aliphatic rings. The lowest BCUT2D eigenvalue weighted by Gasteiger charge is -2.14. The zero-order chi connectivity index (χ0) is 15.7.